The number of benzene rings is 1. The molecule has 0 atom stereocenters. The second kappa shape index (κ2) is 7.49. The van der Waals surface area contributed by atoms with Crippen LogP contribution in [0.15, 0.2) is 18.2 Å². The molecule has 0 radical (unpaired) electrons. The SMILES string of the molecule is O=C(NCCNC1CCCCCC1)c1ccc2c(c1)OCO2. The van der Waals surface area contributed by atoms with E-state index in [1.807, 2.05) is 0 Å². The van der Waals surface area contributed by atoms with E-state index in [1.54, 1.807) is 18.2 Å². The van der Waals surface area contributed by atoms with Crippen molar-refractivity contribution in [2.45, 2.75) is 44.6 Å². The number of hydrogen-bond acceptors (Lipinski definition) is 4. The minimum Gasteiger partial charge on any atom is -0.454 e. The van der Waals surface area contributed by atoms with E-state index in [0.717, 1.165) is 6.54 Å². The van der Waals surface area contributed by atoms with Gasteiger partial charge < -0.3 is 20.1 Å². The van der Waals surface area contributed by atoms with Gasteiger partial charge in [0.05, 0.1) is 0 Å². The van der Waals surface area contributed by atoms with Gasteiger partial charge in [-0.15, -0.1) is 0 Å². The van der Waals surface area contributed by atoms with E-state index in [-0.39, 0.29) is 12.7 Å². The lowest BCUT2D eigenvalue weighted by atomic mass is 10.1. The summed E-state index contributed by atoms with van der Waals surface area (Å²) in [6.45, 7) is 1.69. The van der Waals surface area contributed by atoms with E-state index in [1.165, 1.54) is 38.5 Å². The van der Waals surface area contributed by atoms with Gasteiger partial charge in [-0.05, 0) is 31.0 Å². The molecule has 2 N–H and O–H groups in total. The summed E-state index contributed by atoms with van der Waals surface area (Å²) in [5.74, 6) is 1.27. The lowest BCUT2D eigenvalue weighted by Gasteiger charge is -2.16. The van der Waals surface area contributed by atoms with Gasteiger partial charge >= 0.3 is 0 Å². The minimum absolute atomic E-state index is 0.0685. The predicted molar refractivity (Wildman–Crippen MR) is 84.4 cm³/mol. The maximum Gasteiger partial charge on any atom is 0.251 e. The van der Waals surface area contributed by atoms with Crippen molar-refractivity contribution in [1.82, 2.24) is 10.6 Å². The van der Waals surface area contributed by atoms with Crippen molar-refractivity contribution in [2.75, 3.05) is 19.9 Å². The summed E-state index contributed by atoms with van der Waals surface area (Å²) in [5, 5.41) is 6.50. The van der Waals surface area contributed by atoms with Gasteiger partial charge in [-0.3, -0.25) is 4.79 Å². The Labute approximate surface area is 131 Å². The highest BCUT2D eigenvalue weighted by molar-refractivity contribution is 5.94. The molecule has 1 fully saturated rings. The number of rotatable bonds is 5. The summed E-state index contributed by atoms with van der Waals surface area (Å²) in [7, 11) is 0. The summed E-state index contributed by atoms with van der Waals surface area (Å²) in [5.41, 5.74) is 0.610. The molecule has 1 aromatic carbocycles. The molecule has 120 valence electrons. The van der Waals surface area contributed by atoms with Gasteiger partial charge in [-0.25, -0.2) is 0 Å². The third-order valence-corrected chi connectivity index (χ3v) is 4.33. The zero-order valence-electron chi connectivity index (χ0n) is 12.9. The third-order valence-electron chi connectivity index (χ3n) is 4.33. The van der Waals surface area contributed by atoms with Gasteiger partial charge in [0.1, 0.15) is 0 Å². The molecule has 0 aromatic heterocycles. The van der Waals surface area contributed by atoms with Crippen LogP contribution in [0.2, 0.25) is 0 Å². The molecule has 0 spiro atoms. The summed E-state index contributed by atoms with van der Waals surface area (Å²) in [4.78, 5) is 12.1. The van der Waals surface area contributed by atoms with Crippen molar-refractivity contribution >= 4 is 5.91 Å². The van der Waals surface area contributed by atoms with Crippen LogP contribution in [0.25, 0.3) is 0 Å². The predicted octanol–water partition coefficient (Wildman–Crippen LogP) is 2.46. The molecule has 5 nitrogen and oxygen atoms in total. The normalized spacial score (nSPS) is 18.0. The molecule has 3 rings (SSSR count). The topological polar surface area (TPSA) is 59.6 Å². The van der Waals surface area contributed by atoms with Crippen molar-refractivity contribution < 1.29 is 14.3 Å². The highest BCUT2D eigenvalue weighted by atomic mass is 16.7. The zero-order valence-corrected chi connectivity index (χ0v) is 12.9. The third kappa shape index (κ3) is 3.91. The molecule has 1 saturated carbocycles. The Hall–Kier alpha value is -1.75. The molecular weight excluding hydrogens is 280 g/mol. The molecule has 1 aliphatic carbocycles. The lowest BCUT2D eigenvalue weighted by Crippen LogP contribution is -2.36. The summed E-state index contributed by atoms with van der Waals surface area (Å²) < 4.78 is 10.5. The van der Waals surface area contributed by atoms with Crippen LogP contribution >= 0.6 is 0 Å². The first-order valence-electron chi connectivity index (χ1n) is 8.24. The number of ether oxygens (including phenoxy) is 2. The fourth-order valence-corrected chi connectivity index (χ4v) is 3.08. The molecule has 1 aliphatic heterocycles. The number of amides is 1. The maximum absolute atomic E-state index is 12.1. The smallest absolute Gasteiger partial charge is 0.251 e. The fraction of sp³-hybridized carbons (Fsp3) is 0.588. The van der Waals surface area contributed by atoms with Gasteiger partial charge in [0.25, 0.3) is 5.91 Å². The summed E-state index contributed by atoms with van der Waals surface area (Å²) in [6, 6.07) is 5.89. The van der Waals surface area contributed by atoms with E-state index >= 15 is 0 Å². The molecule has 2 aliphatic rings. The second-order valence-corrected chi connectivity index (χ2v) is 5.97. The summed E-state index contributed by atoms with van der Waals surface area (Å²) in [6.07, 6.45) is 7.88. The minimum atomic E-state index is -0.0685. The molecule has 1 heterocycles. The number of carbonyl (C=O) groups is 1. The van der Waals surface area contributed by atoms with Crippen LogP contribution in [0.3, 0.4) is 0 Å². The Morgan fingerprint density at radius 1 is 1.05 bits per heavy atom. The van der Waals surface area contributed by atoms with Crippen LogP contribution < -0.4 is 20.1 Å². The standard InChI is InChI=1S/C17H24N2O3/c20-17(13-7-8-15-16(11-13)22-12-21-15)19-10-9-18-14-5-3-1-2-4-6-14/h7-8,11,14,18H,1-6,9-10,12H2,(H,19,20). The van der Waals surface area contributed by atoms with Crippen LogP contribution in [0.1, 0.15) is 48.9 Å². The second-order valence-electron chi connectivity index (χ2n) is 5.97. The van der Waals surface area contributed by atoms with Crippen LogP contribution in [0, 0.1) is 0 Å². The Bertz CT molecular complexity index is 511. The number of carbonyl (C=O) groups excluding carboxylic acids is 1. The summed E-state index contributed by atoms with van der Waals surface area (Å²) >= 11 is 0. The fourth-order valence-electron chi connectivity index (χ4n) is 3.08. The molecule has 0 saturated heterocycles. The van der Waals surface area contributed by atoms with Crippen LogP contribution in [0.4, 0.5) is 0 Å². The molecule has 5 heteroatoms. The van der Waals surface area contributed by atoms with E-state index < -0.39 is 0 Å². The quantitative estimate of drug-likeness (QED) is 0.648. The Morgan fingerprint density at radius 3 is 2.64 bits per heavy atom. The van der Waals surface area contributed by atoms with Crippen molar-refractivity contribution in [3.63, 3.8) is 0 Å². The zero-order chi connectivity index (χ0) is 15.2. The molecule has 1 aromatic rings. The molecule has 22 heavy (non-hydrogen) atoms. The van der Waals surface area contributed by atoms with Crippen molar-refractivity contribution in [3.05, 3.63) is 23.8 Å². The van der Waals surface area contributed by atoms with Crippen molar-refractivity contribution in [2.24, 2.45) is 0 Å². The first kappa shape index (κ1) is 15.2. The Kier molecular flexibility index (Phi) is 5.16. The maximum atomic E-state index is 12.1. The molecule has 1 amide bonds. The van der Waals surface area contributed by atoms with Crippen LogP contribution in [-0.4, -0.2) is 31.8 Å². The van der Waals surface area contributed by atoms with Crippen LogP contribution in [0.5, 0.6) is 11.5 Å². The molecule has 0 bridgehead atoms. The highest BCUT2D eigenvalue weighted by Crippen LogP contribution is 2.32. The van der Waals surface area contributed by atoms with Crippen molar-refractivity contribution in [3.8, 4) is 11.5 Å². The number of nitrogens with one attached hydrogen (secondary N) is 2. The highest BCUT2D eigenvalue weighted by Gasteiger charge is 2.16. The van der Waals surface area contributed by atoms with E-state index in [2.05, 4.69) is 10.6 Å². The van der Waals surface area contributed by atoms with Gasteiger partial charge in [0.2, 0.25) is 6.79 Å². The first-order chi connectivity index (χ1) is 10.8. The van der Waals surface area contributed by atoms with E-state index in [9.17, 15) is 4.79 Å². The van der Waals surface area contributed by atoms with E-state index in [4.69, 9.17) is 9.47 Å². The largest absolute Gasteiger partial charge is 0.454 e. The van der Waals surface area contributed by atoms with Gasteiger partial charge in [0, 0.05) is 24.7 Å². The monoisotopic (exact) mass is 304 g/mol. The molecular formula is C17H24N2O3. The van der Waals surface area contributed by atoms with E-state index in [0.29, 0.717) is 29.6 Å². The number of fused-ring (bicyclic) bond motifs is 1. The van der Waals surface area contributed by atoms with Gasteiger partial charge in [0.15, 0.2) is 11.5 Å². The van der Waals surface area contributed by atoms with Crippen molar-refractivity contribution in [1.29, 1.82) is 0 Å². The van der Waals surface area contributed by atoms with Gasteiger partial charge in [-0.2, -0.15) is 0 Å². The first-order valence-corrected chi connectivity index (χ1v) is 8.24. The van der Waals surface area contributed by atoms with Gasteiger partial charge in [-0.1, -0.05) is 25.7 Å². The molecule has 0 unspecified atom stereocenters. The van der Waals surface area contributed by atoms with Crippen LogP contribution in [-0.2, 0) is 0 Å². The lowest BCUT2D eigenvalue weighted by molar-refractivity contribution is 0.0953. The Balaban J connectivity index is 1.40. The average Bonchev–Trinajstić information content (AvgIpc) is 2.85. The average molecular weight is 304 g/mol. The Morgan fingerprint density at radius 2 is 1.82 bits per heavy atom. The number of hydrogen-bond donors (Lipinski definition) is 2.